The molecule has 0 spiro atoms. The molecule has 2 amide bonds. The van der Waals surface area contributed by atoms with Gasteiger partial charge in [-0.3, -0.25) is 14.3 Å². The van der Waals surface area contributed by atoms with Crippen LogP contribution < -0.4 is 15.1 Å². The quantitative estimate of drug-likeness (QED) is 0.821. The van der Waals surface area contributed by atoms with Crippen LogP contribution in [0.4, 0.5) is 17.2 Å². The van der Waals surface area contributed by atoms with E-state index < -0.39 is 0 Å². The fourth-order valence-electron chi connectivity index (χ4n) is 4.28. The summed E-state index contributed by atoms with van der Waals surface area (Å²) in [6.07, 6.45) is 2.52. The van der Waals surface area contributed by atoms with Crippen molar-refractivity contribution in [3.05, 3.63) is 35.5 Å². The van der Waals surface area contributed by atoms with E-state index >= 15 is 0 Å². The highest BCUT2D eigenvalue weighted by Crippen LogP contribution is 2.32. The molecule has 7 nitrogen and oxygen atoms in total. The van der Waals surface area contributed by atoms with Crippen LogP contribution in [-0.4, -0.2) is 41.2 Å². The Kier molecular flexibility index (Phi) is 5.54. The van der Waals surface area contributed by atoms with Crippen molar-refractivity contribution in [2.24, 2.45) is 13.0 Å². The molecule has 1 atom stereocenters. The van der Waals surface area contributed by atoms with Crippen molar-refractivity contribution in [2.75, 3.05) is 34.8 Å². The first-order valence-electron chi connectivity index (χ1n) is 10.8. The lowest BCUT2D eigenvalue weighted by Gasteiger charge is -2.19. The number of carbonyl (C=O) groups is 2. The van der Waals surface area contributed by atoms with Gasteiger partial charge in [-0.1, -0.05) is 26.0 Å². The number of hydrogen-bond donors (Lipinski definition) is 1. The number of aromatic nitrogens is 2. The van der Waals surface area contributed by atoms with Crippen LogP contribution in [0.2, 0.25) is 0 Å². The van der Waals surface area contributed by atoms with Crippen LogP contribution in [0.25, 0.3) is 0 Å². The fraction of sp³-hybridized carbons (Fsp3) is 0.522. The first-order valence-corrected chi connectivity index (χ1v) is 10.8. The van der Waals surface area contributed by atoms with Crippen molar-refractivity contribution in [1.82, 2.24) is 9.78 Å². The Balaban J connectivity index is 1.48. The second-order valence-electron chi connectivity index (χ2n) is 8.74. The number of nitrogens with one attached hydrogen (secondary N) is 1. The number of hydrogen-bond acceptors (Lipinski definition) is 4. The highest BCUT2D eigenvalue weighted by atomic mass is 16.2. The van der Waals surface area contributed by atoms with E-state index in [1.165, 1.54) is 5.56 Å². The standard InChI is InChI=1S/C23H31N5O2/c1-15(2)17-7-9-19(10-8-17)28-14-18(13-20(28)29)23(30)24-21-16(3)26(4)25-22(21)27-11-5-6-12-27/h7-10,15,18H,5-6,11-14H2,1-4H3,(H,24,30). The zero-order valence-electron chi connectivity index (χ0n) is 18.3. The molecule has 7 heteroatoms. The van der Waals surface area contributed by atoms with Gasteiger partial charge >= 0.3 is 0 Å². The molecule has 1 N–H and O–H groups in total. The highest BCUT2D eigenvalue weighted by molar-refractivity contribution is 6.04. The van der Waals surface area contributed by atoms with Gasteiger partial charge in [-0.05, 0) is 43.4 Å². The lowest BCUT2D eigenvalue weighted by molar-refractivity contribution is -0.122. The Morgan fingerprint density at radius 2 is 1.83 bits per heavy atom. The smallest absolute Gasteiger partial charge is 0.229 e. The average molecular weight is 410 g/mol. The molecule has 3 heterocycles. The first-order chi connectivity index (χ1) is 14.3. The summed E-state index contributed by atoms with van der Waals surface area (Å²) in [7, 11) is 1.90. The molecule has 1 unspecified atom stereocenters. The number of carbonyl (C=O) groups excluding carboxylic acids is 2. The normalized spacial score (nSPS) is 19.2. The van der Waals surface area contributed by atoms with Crippen molar-refractivity contribution in [2.45, 2.75) is 46.0 Å². The predicted molar refractivity (Wildman–Crippen MR) is 119 cm³/mol. The number of nitrogens with zero attached hydrogens (tertiary/aromatic N) is 4. The molecule has 4 rings (SSSR count). The summed E-state index contributed by atoms with van der Waals surface area (Å²) < 4.78 is 1.81. The Labute approximate surface area is 178 Å². The average Bonchev–Trinajstić information content (AvgIpc) is 3.44. The topological polar surface area (TPSA) is 70.5 Å². The van der Waals surface area contributed by atoms with Gasteiger partial charge in [-0.25, -0.2) is 0 Å². The van der Waals surface area contributed by atoms with Crippen LogP contribution in [0, 0.1) is 12.8 Å². The Morgan fingerprint density at radius 1 is 1.17 bits per heavy atom. The van der Waals surface area contributed by atoms with Gasteiger partial charge in [0.2, 0.25) is 11.8 Å². The maximum Gasteiger partial charge on any atom is 0.229 e. The van der Waals surface area contributed by atoms with E-state index in [0.29, 0.717) is 12.5 Å². The molecule has 1 aromatic heterocycles. The molecule has 2 saturated heterocycles. The summed E-state index contributed by atoms with van der Waals surface area (Å²) in [6, 6.07) is 8.07. The summed E-state index contributed by atoms with van der Waals surface area (Å²) in [4.78, 5) is 29.6. The van der Waals surface area contributed by atoms with Crippen LogP contribution in [0.1, 0.15) is 50.3 Å². The summed E-state index contributed by atoms with van der Waals surface area (Å²) in [5.74, 6) is 0.801. The molecule has 2 aliphatic heterocycles. The third kappa shape index (κ3) is 3.80. The lowest BCUT2D eigenvalue weighted by atomic mass is 10.0. The Morgan fingerprint density at radius 3 is 2.47 bits per heavy atom. The Hall–Kier alpha value is -2.83. The van der Waals surface area contributed by atoms with Gasteiger partial charge in [0.15, 0.2) is 5.82 Å². The molecule has 0 saturated carbocycles. The maximum atomic E-state index is 13.1. The molecular weight excluding hydrogens is 378 g/mol. The van der Waals surface area contributed by atoms with E-state index in [1.54, 1.807) is 4.90 Å². The van der Waals surface area contributed by atoms with Crippen LogP contribution in [0.5, 0.6) is 0 Å². The van der Waals surface area contributed by atoms with Gasteiger partial charge < -0.3 is 15.1 Å². The molecule has 2 aromatic rings. The summed E-state index contributed by atoms with van der Waals surface area (Å²) in [5.41, 5.74) is 3.79. The molecular formula is C23H31N5O2. The van der Waals surface area contributed by atoms with Crippen LogP contribution in [0.3, 0.4) is 0 Å². The molecule has 2 aliphatic rings. The molecule has 30 heavy (non-hydrogen) atoms. The zero-order chi connectivity index (χ0) is 21.4. The summed E-state index contributed by atoms with van der Waals surface area (Å²) >= 11 is 0. The number of rotatable bonds is 5. The van der Waals surface area contributed by atoms with E-state index in [4.69, 9.17) is 0 Å². The SMILES string of the molecule is Cc1c(NC(=O)C2CC(=O)N(c3ccc(C(C)C)cc3)C2)c(N2CCCC2)nn1C. The predicted octanol–water partition coefficient (Wildman–Crippen LogP) is 3.44. The third-order valence-corrected chi connectivity index (χ3v) is 6.34. The van der Waals surface area contributed by atoms with Crippen molar-refractivity contribution < 1.29 is 9.59 Å². The second-order valence-corrected chi connectivity index (χ2v) is 8.74. The lowest BCUT2D eigenvalue weighted by Crippen LogP contribution is -2.29. The summed E-state index contributed by atoms with van der Waals surface area (Å²) in [5, 5.41) is 7.71. The van der Waals surface area contributed by atoms with Gasteiger partial charge in [-0.15, -0.1) is 0 Å². The fourth-order valence-corrected chi connectivity index (χ4v) is 4.28. The molecule has 0 bridgehead atoms. The van der Waals surface area contributed by atoms with Crippen molar-refractivity contribution in [1.29, 1.82) is 0 Å². The van der Waals surface area contributed by atoms with E-state index in [0.717, 1.165) is 48.8 Å². The maximum absolute atomic E-state index is 13.1. The van der Waals surface area contributed by atoms with Crippen LogP contribution >= 0.6 is 0 Å². The Bertz CT molecular complexity index is 941. The van der Waals surface area contributed by atoms with E-state index in [1.807, 2.05) is 30.8 Å². The molecule has 2 fully saturated rings. The minimum absolute atomic E-state index is 0.00452. The molecule has 1 aromatic carbocycles. The molecule has 0 aliphatic carbocycles. The minimum Gasteiger partial charge on any atom is -0.353 e. The third-order valence-electron chi connectivity index (χ3n) is 6.34. The van der Waals surface area contributed by atoms with E-state index in [2.05, 4.69) is 41.3 Å². The van der Waals surface area contributed by atoms with Crippen LogP contribution in [-0.2, 0) is 16.6 Å². The largest absolute Gasteiger partial charge is 0.353 e. The number of benzene rings is 1. The molecule has 160 valence electrons. The summed E-state index contributed by atoms with van der Waals surface area (Å²) in [6.45, 7) is 8.58. The number of anilines is 3. The van der Waals surface area contributed by atoms with Gasteiger partial charge in [-0.2, -0.15) is 5.10 Å². The zero-order valence-corrected chi connectivity index (χ0v) is 18.3. The van der Waals surface area contributed by atoms with E-state index in [-0.39, 0.29) is 24.2 Å². The monoisotopic (exact) mass is 409 g/mol. The molecule has 0 radical (unpaired) electrons. The van der Waals surface area contributed by atoms with Crippen molar-refractivity contribution in [3.8, 4) is 0 Å². The second kappa shape index (κ2) is 8.13. The van der Waals surface area contributed by atoms with Crippen molar-refractivity contribution in [3.63, 3.8) is 0 Å². The van der Waals surface area contributed by atoms with Gasteiger partial charge in [0.05, 0.1) is 11.6 Å². The van der Waals surface area contributed by atoms with Gasteiger partial charge in [0.25, 0.3) is 0 Å². The van der Waals surface area contributed by atoms with Crippen LogP contribution in [0.15, 0.2) is 24.3 Å². The van der Waals surface area contributed by atoms with Gasteiger partial charge in [0.1, 0.15) is 5.69 Å². The highest BCUT2D eigenvalue weighted by Gasteiger charge is 2.36. The number of aryl methyl sites for hydroxylation is 1. The van der Waals surface area contributed by atoms with Gasteiger partial charge in [0, 0.05) is 38.8 Å². The minimum atomic E-state index is -0.367. The van der Waals surface area contributed by atoms with E-state index in [9.17, 15) is 9.59 Å². The number of amides is 2. The first kappa shape index (κ1) is 20.4. The van der Waals surface area contributed by atoms with Crippen molar-refractivity contribution >= 4 is 29.0 Å².